The Bertz CT molecular complexity index is 470. The minimum Gasteiger partial charge on any atom is -0.396 e. The summed E-state index contributed by atoms with van der Waals surface area (Å²) >= 11 is 5.17. The van der Waals surface area contributed by atoms with Crippen molar-refractivity contribution in [2.75, 3.05) is 6.61 Å². The van der Waals surface area contributed by atoms with E-state index in [4.69, 9.17) is 5.11 Å². The first kappa shape index (κ1) is 11.8. The molecule has 0 aliphatic carbocycles. The lowest BCUT2D eigenvalue weighted by Gasteiger charge is -1.98. The molecular weight excluding hydrogens is 286 g/mol. The molecule has 2 nitrogen and oxygen atoms in total. The van der Waals surface area contributed by atoms with Gasteiger partial charge >= 0.3 is 0 Å². The zero-order valence-corrected chi connectivity index (χ0v) is 11.1. The van der Waals surface area contributed by atoms with Crippen LogP contribution < -0.4 is 0 Å². The summed E-state index contributed by atoms with van der Waals surface area (Å²) in [4.78, 5) is 4.56. The molecule has 1 heterocycles. The fourth-order valence-electron chi connectivity index (χ4n) is 1.44. The topological polar surface area (TPSA) is 33.1 Å². The van der Waals surface area contributed by atoms with Crippen LogP contribution in [0.3, 0.4) is 0 Å². The highest BCUT2D eigenvalue weighted by atomic mass is 79.9. The number of halogens is 1. The average Bonchev–Trinajstić information content (AvgIpc) is 2.75. The van der Waals surface area contributed by atoms with Gasteiger partial charge in [0.25, 0.3) is 0 Å². The second-order valence-corrected chi connectivity index (χ2v) is 5.16. The molecular formula is C12H12BrNOS. The lowest BCUT2D eigenvalue weighted by atomic mass is 10.2. The maximum atomic E-state index is 8.76. The number of aliphatic hydroxyl groups excluding tert-OH is 1. The van der Waals surface area contributed by atoms with Gasteiger partial charge in [0.1, 0.15) is 5.01 Å². The lowest BCUT2D eigenvalue weighted by molar-refractivity contribution is 0.288. The van der Waals surface area contributed by atoms with Crippen molar-refractivity contribution in [3.05, 3.63) is 39.8 Å². The summed E-state index contributed by atoms with van der Waals surface area (Å²) in [6.07, 6.45) is 1.62. The number of nitrogens with zero attached hydrogens (tertiary/aromatic N) is 1. The van der Waals surface area contributed by atoms with Gasteiger partial charge in [0.05, 0.1) is 5.69 Å². The second kappa shape index (κ2) is 5.57. The molecule has 0 unspecified atom stereocenters. The van der Waals surface area contributed by atoms with E-state index < -0.39 is 0 Å². The zero-order chi connectivity index (χ0) is 11.4. The molecule has 0 fully saturated rings. The van der Waals surface area contributed by atoms with Gasteiger partial charge in [-0.3, -0.25) is 0 Å². The highest BCUT2D eigenvalue weighted by Crippen LogP contribution is 2.30. The molecule has 1 aromatic carbocycles. The number of aliphatic hydroxyl groups is 1. The highest BCUT2D eigenvalue weighted by molar-refractivity contribution is 9.10. The minimum absolute atomic E-state index is 0.224. The maximum absolute atomic E-state index is 8.76. The Morgan fingerprint density at radius 2 is 2.12 bits per heavy atom. The molecule has 0 amide bonds. The molecule has 0 saturated carbocycles. The van der Waals surface area contributed by atoms with Crippen LogP contribution in [0.5, 0.6) is 0 Å². The normalized spacial score (nSPS) is 10.6. The Hall–Kier alpha value is -0.710. The van der Waals surface area contributed by atoms with Crippen molar-refractivity contribution in [2.24, 2.45) is 0 Å². The van der Waals surface area contributed by atoms with Crippen molar-refractivity contribution >= 4 is 27.3 Å². The minimum atomic E-state index is 0.224. The maximum Gasteiger partial charge on any atom is 0.124 e. The lowest BCUT2D eigenvalue weighted by Crippen LogP contribution is -1.89. The van der Waals surface area contributed by atoms with Crippen LogP contribution in [0.1, 0.15) is 12.1 Å². The van der Waals surface area contributed by atoms with Crippen LogP contribution >= 0.6 is 27.3 Å². The number of aromatic nitrogens is 1. The quantitative estimate of drug-likeness (QED) is 0.937. The molecule has 0 atom stereocenters. The van der Waals surface area contributed by atoms with Crippen LogP contribution in [0.4, 0.5) is 0 Å². The second-order valence-electron chi connectivity index (χ2n) is 3.45. The van der Waals surface area contributed by atoms with Gasteiger partial charge in [-0.1, -0.05) is 34.1 Å². The monoisotopic (exact) mass is 297 g/mol. The summed E-state index contributed by atoms with van der Waals surface area (Å²) in [5, 5.41) is 11.9. The van der Waals surface area contributed by atoms with Gasteiger partial charge in [-0.15, -0.1) is 11.3 Å². The molecule has 0 aliphatic rings. The Labute approximate surface area is 107 Å². The third kappa shape index (κ3) is 2.70. The van der Waals surface area contributed by atoms with E-state index in [-0.39, 0.29) is 6.61 Å². The molecule has 0 spiro atoms. The predicted octanol–water partition coefficient (Wildman–Crippen LogP) is 3.50. The van der Waals surface area contributed by atoms with E-state index in [9.17, 15) is 0 Å². The first-order chi connectivity index (χ1) is 7.81. The fraction of sp³-hybridized carbons (Fsp3) is 0.250. The average molecular weight is 298 g/mol. The first-order valence-corrected chi connectivity index (χ1v) is 6.78. The van der Waals surface area contributed by atoms with Crippen LogP contribution in [0.2, 0.25) is 0 Å². The van der Waals surface area contributed by atoms with Gasteiger partial charge in [0, 0.05) is 22.0 Å². The van der Waals surface area contributed by atoms with E-state index in [1.165, 1.54) is 0 Å². The molecule has 0 saturated heterocycles. The summed E-state index contributed by atoms with van der Waals surface area (Å²) in [5.74, 6) is 0. The molecule has 2 aromatic rings. The van der Waals surface area contributed by atoms with Gasteiger partial charge in [-0.05, 0) is 18.9 Å². The van der Waals surface area contributed by atoms with E-state index in [0.29, 0.717) is 0 Å². The summed E-state index contributed by atoms with van der Waals surface area (Å²) in [7, 11) is 0. The Balaban J connectivity index is 2.22. The third-order valence-electron chi connectivity index (χ3n) is 2.25. The van der Waals surface area contributed by atoms with E-state index in [1.807, 2.05) is 18.2 Å². The Morgan fingerprint density at radius 1 is 1.31 bits per heavy atom. The van der Waals surface area contributed by atoms with Crippen LogP contribution in [-0.2, 0) is 6.42 Å². The van der Waals surface area contributed by atoms with E-state index in [2.05, 4.69) is 32.4 Å². The number of aryl methyl sites for hydroxylation is 1. The van der Waals surface area contributed by atoms with E-state index in [1.54, 1.807) is 11.3 Å². The molecule has 2 rings (SSSR count). The largest absolute Gasteiger partial charge is 0.396 e. The SMILES string of the molecule is OCCCc1csc(-c2ccccc2Br)n1. The van der Waals surface area contributed by atoms with Gasteiger partial charge in [0.15, 0.2) is 0 Å². The molecule has 0 bridgehead atoms. The van der Waals surface area contributed by atoms with E-state index >= 15 is 0 Å². The van der Waals surface area contributed by atoms with Crippen LogP contribution in [0, 0.1) is 0 Å². The molecule has 16 heavy (non-hydrogen) atoms. The standard InChI is InChI=1S/C12H12BrNOS/c13-11-6-2-1-5-10(11)12-14-9(8-16-12)4-3-7-15/h1-2,5-6,8,15H,3-4,7H2. The summed E-state index contributed by atoms with van der Waals surface area (Å²) < 4.78 is 1.07. The molecule has 84 valence electrons. The highest BCUT2D eigenvalue weighted by Gasteiger charge is 2.07. The van der Waals surface area contributed by atoms with Crippen molar-refractivity contribution in [3.63, 3.8) is 0 Å². The van der Waals surface area contributed by atoms with Crippen molar-refractivity contribution in [1.82, 2.24) is 4.98 Å². The van der Waals surface area contributed by atoms with E-state index in [0.717, 1.165) is 33.6 Å². The Kier molecular flexibility index (Phi) is 4.09. The zero-order valence-electron chi connectivity index (χ0n) is 8.69. The number of benzene rings is 1. The molecule has 1 aromatic heterocycles. The fourth-order valence-corrected chi connectivity index (χ4v) is 2.94. The van der Waals surface area contributed by atoms with Crippen molar-refractivity contribution in [1.29, 1.82) is 0 Å². The molecule has 4 heteroatoms. The number of hydrogen-bond acceptors (Lipinski definition) is 3. The molecule has 0 radical (unpaired) electrons. The van der Waals surface area contributed by atoms with Gasteiger partial charge in [-0.25, -0.2) is 4.98 Å². The predicted molar refractivity (Wildman–Crippen MR) is 70.7 cm³/mol. The van der Waals surface area contributed by atoms with Gasteiger partial charge in [-0.2, -0.15) is 0 Å². The number of hydrogen-bond donors (Lipinski definition) is 1. The van der Waals surface area contributed by atoms with Crippen molar-refractivity contribution in [2.45, 2.75) is 12.8 Å². The van der Waals surface area contributed by atoms with Crippen LogP contribution in [0.15, 0.2) is 34.1 Å². The summed E-state index contributed by atoms with van der Waals surface area (Å²) in [6, 6.07) is 8.08. The molecule has 0 aliphatic heterocycles. The summed E-state index contributed by atoms with van der Waals surface area (Å²) in [6.45, 7) is 0.224. The van der Waals surface area contributed by atoms with Gasteiger partial charge < -0.3 is 5.11 Å². The first-order valence-electron chi connectivity index (χ1n) is 5.11. The summed E-state index contributed by atoms with van der Waals surface area (Å²) in [5.41, 5.74) is 2.19. The third-order valence-corrected chi connectivity index (χ3v) is 3.86. The Morgan fingerprint density at radius 3 is 2.88 bits per heavy atom. The smallest absolute Gasteiger partial charge is 0.124 e. The van der Waals surface area contributed by atoms with Crippen molar-refractivity contribution in [3.8, 4) is 10.6 Å². The van der Waals surface area contributed by atoms with Crippen LogP contribution in [-0.4, -0.2) is 16.7 Å². The van der Waals surface area contributed by atoms with Crippen molar-refractivity contribution < 1.29 is 5.11 Å². The van der Waals surface area contributed by atoms with Crippen LogP contribution in [0.25, 0.3) is 10.6 Å². The number of rotatable bonds is 4. The molecule has 1 N–H and O–H groups in total. The number of thiazole rings is 1. The van der Waals surface area contributed by atoms with Gasteiger partial charge in [0.2, 0.25) is 0 Å².